The van der Waals surface area contributed by atoms with Gasteiger partial charge in [-0.3, -0.25) is 0 Å². The van der Waals surface area contributed by atoms with Gasteiger partial charge in [0.1, 0.15) is 0 Å². The Morgan fingerprint density at radius 3 is 0.769 bits per heavy atom. The van der Waals surface area contributed by atoms with E-state index in [9.17, 15) is 0 Å². The summed E-state index contributed by atoms with van der Waals surface area (Å²) in [6.45, 7) is 9.40. The van der Waals surface area contributed by atoms with E-state index < -0.39 is 7.26 Å². The number of unbranched alkanes of at least 4 members (excludes halogenated alkanes) is 12. The normalized spacial score (nSPS) is 11.5. The van der Waals surface area contributed by atoms with Gasteiger partial charge in [0.25, 0.3) is 0 Å². The molecule has 2 heteroatoms. The molecule has 0 unspecified atom stereocenters. The van der Waals surface area contributed by atoms with Crippen LogP contribution in [0.5, 0.6) is 0 Å². The van der Waals surface area contributed by atoms with Crippen LogP contribution in [0, 0.1) is 0 Å². The van der Waals surface area contributed by atoms with Crippen molar-refractivity contribution in [1.29, 1.82) is 0 Å². The zero-order chi connectivity index (χ0) is 18.6. The largest absolute Gasteiger partial charge is 1.00 e. The summed E-state index contributed by atoms with van der Waals surface area (Å²) in [5.41, 5.74) is 0. The Kier molecular flexibility index (Phi) is 23.8. The molecule has 0 nitrogen and oxygen atoms in total. The minimum absolute atomic E-state index is 0. The van der Waals surface area contributed by atoms with E-state index in [1.54, 1.807) is 24.6 Å². The SMILES string of the molecule is CCCCCC[P+](CCCCCC)(CCCCCC)CCCCCC.[F-]. The Morgan fingerprint density at radius 1 is 0.346 bits per heavy atom. The Labute approximate surface area is 167 Å². The van der Waals surface area contributed by atoms with E-state index in [0.717, 1.165) is 0 Å². The second kappa shape index (κ2) is 21.7. The Bertz CT molecular complexity index is 201. The molecule has 0 N–H and O–H groups in total. The maximum atomic E-state index is 2.35. The summed E-state index contributed by atoms with van der Waals surface area (Å²) in [7, 11) is -0.657. The zero-order valence-corrected chi connectivity index (χ0v) is 19.9. The first-order chi connectivity index (χ1) is 12.2. The number of halogens is 1. The predicted octanol–water partition coefficient (Wildman–Crippen LogP) is 6.33. The van der Waals surface area contributed by atoms with Crippen molar-refractivity contribution in [3.63, 3.8) is 0 Å². The summed E-state index contributed by atoms with van der Waals surface area (Å²) in [6.07, 6.45) is 30.1. The van der Waals surface area contributed by atoms with E-state index in [4.69, 9.17) is 0 Å². The molecule has 0 aromatic heterocycles. The second-order valence-corrected chi connectivity index (χ2v) is 13.0. The van der Waals surface area contributed by atoms with Gasteiger partial charge in [0.05, 0.1) is 24.6 Å². The van der Waals surface area contributed by atoms with Crippen LogP contribution < -0.4 is 4.70 Å². The number of hydrogen-bond acceptors (Lipinski definition) is 0. The van der Waals surface area contributed by atoms with Gasteiger partial charge in [-0.2, -0.15) is 0 Å². The fraction of sp³-hybridized carbons (Fsp3) is 1.00. The molecule has 0 rings (SSSR count). The van der Waals surface area contributed by atoms with Gasteiger partial charge in [-0.25, -0.2) is 0 Å². The van der Waals surface area contributed by atoms with Crippen molar-refractivity contribution in [2.75, 3.05) is 24.6 Å². The molecule has 0 heterocycles. The average molecular weight is 391 g/mol. The highest BCUT2D eigenvalue weighted by Crippen LogP contribution is 2.61. The molecule has 160 valence electrons. The van der Waals surface area contributed by atoms with E-state index >= 15 is 0 Å². The van der Waals surface area contributed by atoms with Crippen molar-refractivity contribution in [2.45, 2.75) is 130 Å². The molecule has 0 saturated carbocycles. The molecule has 0 aromatic rings. The third-order valence-electron chi connectivity index (χ3n) is 5.94. The Balaban J connectivity index is 0. The standard InChI is InChI=1S/C24H52P.FH/c1-5-9-13-17-21-25(22-18-14-10-6-2,23-19-15-11-7-3)24-20-16-12-8-4;/h5-24H2,1-4H3;1H/q+1;/p-1. The third-order valence-corrected chi connectivity index (χ3v) is 11.0. The molecule has 0 atom stereocenters. The highest BCUT2D eigenvalue weighted by atomic mass is 31.2. The van der Waals surface area contributed by atoms with Gasteiger partial charge in [0, 0.05) is 7.26 Å². The van der Waals surface area contributed by atoms with Crippen molar-refractivity contribution in [2.24, 2.45) is 0 Å². The van der Waals surface area contributed by atoms with Crippen molar-refractivity contribution in [3.05, 3.63) is 0 Å². The maximum absolute atomic E-state index is 2.35. The molecule has 0 spiro atoms. The number of rotatable bonds is 20. The van der Waals surface area contributed by atoms with E-state index in [-0.39, 0.29) is 4.70 Å². The van der Waals surface area contributed by atoms with Gasteiger partial charge in [0.2, 0.25) is 0 Å². The van der Waals surface area contributed by atoms with Crippen LogP contribution in [0.4, 0.5) is 0 Å². The van der Waals surface area contributed by atoms with E-state index in [0.29, 0.717) is 0 Å². The van der Waals surface area contributed by atoms with Crippen LogP contribution >= 0.6 is 7.26 Å². The molecule has 0 radical (unpaired) electrons. The molecule has 26 heavy (non-hydrogen) atoms. The monoisotopic (exact) mass is 390 g/mol. The van der Waals surface area contributed by atoms with Crippen LogP contribution in [0.1, 0.15) is 130 Å². The van der Waals surface area contributed by atoms with E-state index in [2.05, 4.69) is 27.7 Å². The molecule has 0 aromatic carbocycles. The van der Waals surface area contributed by atoms with Crippen LogP contribution in [-0.2, 0) is 0 Å². The van der Waals surface area contributed by atoms with Crippen LogP contribution in [0.25, 0.3) is 0 Å². The van der Waals surface area contributed by atoms with Gasteiger partial charge in [-0.05, 0) is 51.4 Å². The fourth-order valence-electron chi connectivity index (χ4n) is 4.17. The van der Waals surface area contributed by atoms with Crippen molar-refractivity contribution < 1.29 is 4.70 Å². The van der Waals surface area contributed by atoms with Crippen LogP contribution in [0.3, 0.4) is 0 Å². The van der Waals surface area contributed by atoms with Gasteiger partial charge in [0.15, 0.2) is 0 Å². The van der Waals surface area contributed by atoms with E-state index in [1.165, 1.54) is 103 Å². The first-order valence-corrected chi connectivity index (χ1v) is 14.6. The predicted molar refractivity (Wildman–Crippen MR) is 123 cm³/mol. The van der Waals surface area contributed by atoms with Gasteiger partial charge in [-0.1, -0.05) is 79.1 Å². The Morgan fingerprint density at radius 2 is 0.577 bits per heavy atom. The fourth-order valence-corrected chi connectivity index (χ4v) is 9.09. The molecular weight excluding hydrogens is 338 g/mol. The number of hydrogen-bond donors (Lipinski definition) is 0. The third kappa shape index (κ3) is 16.5. The summed E-state index contributed by atoms with van der Waals surface area (Å²) in [5, 5.41) is 0. The van der Waals surface area contributed by atoms with Gasteiger partial charge < -0.3 is 4.70 Å². The van der Waals surface area contributed by atoms with E-state index in [1.807, 2.05) is 0 Å². The summed E-state index contributed by atoms with van der Waals surface area (Å²) >= 11 is 0. The lowest BCUT2D eigenvalue weighted by molar-refractivity contribution is -0.00000580. The van der Waals surface area contributed by atoms with Gasteiger partial charge >= 0.3 is 0 Å². The van der Waals surface area contributed by atoms with Crippen LogP contribution in [-0.4, -0.2) is 24.6 Å². The smallest absolute Gasteiger partial charge is 0.0594 e. The molecule has 0 aliphatic rings. The van der Waals surface area contributed by atoms with Crippen molar-refractivity contribution in [1.82, 2.24) is 0 Å². The van der Waals surface area contributed by atoms with Crippen LogP contribution in [0.2, 0.25) is 0 Å². The summed E-state index contributed by atoms with van der Waals surface area (Å²) in [4.78, 5) is 0. The molecule has 0 saturated heterocycles. The topological polar surface area (TPSA) is 0 Å². The minimum atomic E-state index is -0.657. The molecular formula is C24H52FP. The van der Waals surface area contributed by atoms with Crippen molar-refractivity contribution in [3.8, 4) is 0 Å². The molecule has 0 fully saturated rings. The molecule has 0 aliphatic heterocycles. The first-order valence-electron chi connectivity index (χ1n) is 12.1. The van der Waals surface area contributed by atoms with Gasteiger partial charge in [-0.15, -0.1) is 0 Å². The highest BCUT2D eigenvalue weighted by molar-refractivity contribution is 7.75. The molecule has 0 bridgehead atoms. The lowest BCUT2D eigenvalue weighted by Crippen LogP contribution is -3.00. The quantitative estimate of drug-likeness (QED) is 0.168. The average Bonchev–Trinajstić information content (AvgIpc) is 2.63. The zero-order valence-electron chi connectivity index (χ0n) is 19.0. The summed E-state index contributed by atoms with van der Waals surface area (Å²) in [6, 6.07) is 0. The first kappa shape index (κ1) is 28.6. The van der Waals surface area contributed by atoms with Crippen LogP contribution in [0.15, 0.2) is 0 Å². The summed E-state index contributed by atoms with van der Waals surface area (Å²) < 4.78 is 0. The summed E-state index contributed by atoms with van der Waals surface area (Å²) in [5.74, 6) is 0. The highest BCUT2D eigenvalue weighted by Gasteiger charge is 2.34. The molecule has 0 amide bonds. The molecule has 0 aliphatic carbocycles. The lowest BCUT2D eigenvalue weighted by atomic mass is 10.2. The second-order valence-electron chi connectivity index (χ2n) is 8.48. The minimum Gasteiger partial charge on any atom is -1.00 e. The Hall–Kier alpha value is 0.360. The maximum Gasteiger partial charge on any atom is 0.0594 e. The lowest BCUT2D eigenvalue weighted by Gasteiger charge is -2.28. The van der Waals surface area contributed by atoms with Crippen molar-refractivity contribution >= 4 is 7.26 Å².